The molecular formula is C27H28ClN5O2. The van der Waals surface area contributed by atoms with E-state index >= 15 is 0 Å². The van der Waals surface area contributed by atoms with Crippen molar-refractivity contribution in [2.75, 3.05) is 36.4 Å². The minimum absolute atomic E-state index is 0.0306. The summed E-state index contributed by atoms with van der Waals surface area (Å²) in [7, 11) is 0. The van der Waals surface area contributed by atoms with E-state index in [4.69, 9.17) is 16.0 Å². The largest absolute Gasteiger partial charge is 0.455 e. The molecule has 0 saturated carbocycles. The number of hydrogen-bond donors (Lipinski definition) is 2. The van der Waals surface area contributed by atoms with Crippen LogP contribution in [0.5, 0.6) is 0 Å². The Hall–Kier alpha value is -3.42. The number of halogens is 1. The lowest BCUT2D eigenvalue weighted by molar-refractivity contribution is 0.585. The van der Waals surface area contributed by atoms with Crippen LogP contribution in [0.25, 0.3) is 22.3 Å². The second-order valence-corrected chi connectivity index (χ2v) is 9.35. The molecule has 35 heavy (non-hydrogen) atoms. The summed E-state index contributed by atoms with van der Waals surface area (Å²) in [6.45, 7) is 9.36. The van der Waals surface area contributed by atoms with Crippen molar-refractivity contribution in [1.82, 2.24) is 15.3 Å². The summed E-state index contributed by atoms with van der Waals surface area (Å²) >= 11 is 6.26. The van der Waals surface area contributed by atoms with E-state index in [1.807, 2.05) is 31.2 Å². The first-order chi connectivity index (χ1) is 16.9. The monoisotopic (exact) mass is 489 g/mol. The summed E-state index contributed by atoms with van der Waals surface area (Å²) in [5.74, 6) is 1.37. The molecule has 0 amide bonds. The summed E-state index contributed by atoms with van der Waals surface area (Å²) in [4.78, 5) is 24.4. The quantitative estimate of drug-likeness (QED) is 0.377. The lowest BCUT2D eigenvalue weighted by Gasteiger charge is -2.31. The van der Waals surface area contributed by atoms with E-state index in [0.717, 1.165) is 54.4 Å². The molecule has 0 aliphatic carbocycles. The van der Waals surface area contributed by atoms with Crippen molar-refractivity contribution >= 4 is 34.1 Å². The normalized spacial score (nSPS) is 14.8. The zero-order valence-corrected chi connectivity index (χ0v) is 20.8. The number of anilines is 2. The zero-order chi connectivity index (χ0) is 24.5. The van der Waals surface area contributed by atoms with E-state index in [1.54, 1.807) is 25.4 Å². The molecule has 2 N–H and O–H groups in total. The molecule has 0 bridgehead atoms. The Labute approximate surface area is 209 Å². The highest BCUT2D eigenvalue weighted by atomic mass is 35.5. The van der Waals surface area contributed by atoms with Gasteiger partial charge in [0.05, 0.1) is 17.1 Å². The molecule has 7 nitrogen and oxygen atoms in total. The van der Waals surface area contributed by atoms with Crippen molar-refractivity contribution in [3.8, 4) is 11.3 Å². The molecule has 4 heterocycles. The molecule has 1 fully saturated rings. The van der Waals surface area contributed by atoms with Gasteiger partial charge in [-0.1, -0.05) is 17.7 Å². The number of aryl methyl sites for hydroxylation is 1. The van der Waals surface area contributed by atoms with Crippen LogP contribution >= 0.6 is 11.6 Å². The first kappa shape index (κ1) is 23.3. The fraction of sp³-hybridized carbons (Fsp3) is 0.296. The molecule has 8 heteroatoms. The maximum atomic E-state index is 13.4. The van der Waals surface area contributed by atoms with Gasteiger partial charge in [-0.15, -0.1) is 0 Å². The highest BCUT2D eigenvalue weighted by Gasteiger charge is 2.22. The van der Waals surface area contributed by atoms with Gasteiger partial charge in [-0.05, 0) is 56.7 Å². The van der Waals surface area contributed by atoms with Crippen LogP contribution in [-0.2, 0) is 0 Å². The van der Waals surface area contributed by atoms with Gasteiger partial charge in [0, 0.05) is 55.3 Å². The van der Waals surface area contributed by atoms with Crippen LogP contribution in [0.1, 0.15) is 29.7 Å². The van der Waals surface area contributed by atoms with Gasteiger partial charge in [0.2, 0.25) is 0 Å². The number of piperazine rings is 1. The minimum Gasteiger partial charge on any atom is -0.455 e. The summed E-state index contributed by atoms with van der Waals surface area (Å²) in [5.41, 5.74) is 4.69. The fourth-order valence-corrected chi connectivity index (χ4v) is 4.77. The number of rotatable bonds is 5. The molecule has 1 aromatic carbocycles. The second-order valence-electron chi connectivity index (χ2n) is 8.97. The highest BCUT2D eigenvalue weighted by molar-refractivity contribution is 6.29. The number of aromatic nitrogens is 2. The molecule has 1 aliphatic rings. The third-order valence-corrected chi connectivity index (χ3v) is 6.62. The minimum atomic E-state index is -0.158. The number of nitrogens with zero attached hydrogens (tertiary/aromatic N) is 3. The predicted octanol–water partition coefficient (Wildman–Crippen LogP) is 5.10. The van der Waals surface area contributed by atoms with Gasteiger partial charge in [-0.25, -0.2) is 4.98 Å². The number of hydrogen-bond acceptors (Lipinski definition) is 7. The Balaban J connectivity index is 1.60. The number of pyridine rings is 2. The van der Waals surface area contributed by atoms with Crippen molar-refractivity contribution < 1.29 is 4.42 Å². The first-order valence-electron chi connectivity index (χ1n) is 11.8. The Kier molecular flexibility index (Phi) is 6.45. The van der Waals surface area contributed by atoms with Crippen molar-refractivity contribution in [2.45, 2.75) is 26.8 Å². The molecule has 4 aromatic rings. The molecule has 1 atom stereocenters. The molecule has 1 aliphatic heterocycles. The molecule has 0 unspecified atom stereocenters. The van der Waals surface area contributed by atoms with Gasteiger partial charge >= 0.3 is 0 Å². The van der Waals surface area contributed by atoms with E-state index in [-0.39, 0.29) is 11.5 Å². The van der Waals surface area contributed by atoms with Gasteiger partial charge in [-0.3, -0.25) is 9.78 Å². The smallest absolute Gasteiger partial charge is 0.196 e. The molecule has 0 radical (unpaired) electrons. The van der Waals surface area contributed by atoms with Crippen LogP contribution in [0.15, 0.2) is 58.0 Å². The lowest BCUT2D eigenvalue weighted by Crippen LogP contribution is -2.44. The van der Waals surface area contributed by atoms with Crippen LogP contribution in [0.2, 0.25) is 5.15 Å². The summed E-state index contributed by atoms with van der Waals surface area (Å²) in [6.07, 6.45) is 3.42. The van der Waals surface area contributed by atoms with Crippen LogP contribution in [-0.4, -0.2) is 36.1 Å². The number of nitrogens with one attached hydrogen (secondary N) is 2. The van der Waals surface area contributed by atoms with Crippen LogP contribution in [0.3, 0.4) is 0 Å². The Morgan fingerprint density at radius 3 is 2.71 bits per heavy atom. The average molecular weight is 490 g/mol. The van der Waals surface area contributed by atoms with Crippen LogP contribution in [0.4, 0.5) is 11.5 Å². The van der Waals surface area contributed by atoms with E-state index in [2.05, 4.69) is 38.5 Å². The van der Waals surface area contributed by atoms with E-state index in [0.29, 0.717) is 27.4 Å². The van der Waals surface area contributed by atoms with Crippen molar-refractivity contribution in [3.63, 3.8) is 0 Å². The van der Waals surface area contributed by atoms with Crippen LogP contribution in [0, 0.1) is 13.8 Å². The van der Waals surface area contributed by atoms with Gasteiger partial charge in [-0.2, -0.15) is 0 Å². The molecular weight excluding hydrogens is 462 g/mol. The fourth-order valence-electron chi connectivity index (χ4n) is 4.63. The number of fused-ring (bicyclic) bond motifs is 1. The topological polar surface area (TPSA) is 83.3 Å². The molecule has 5 rings (SSSR count). The number of benzene rings is 1. The van der Waals surface area contributed by atoms with Crippen molar-refractivity contribution in [1.29, 1.82) is 0 Å². The lowest BCUT2D eigenvalue weighted by atomic mass is 9.99. The molecule has 3 aromatic heterocycles. The van der Waals surface area contributed by atoms with Crippen molar-refractivity contribution in [2.24, 2.45) is 0 Å². The third-order valence-electron chi connectivity index (χ3n) is 6.41. The average Bonchev–Trinajstić information content (AvgIpc) is 2.88. The van der Waals surface area contributed by atoms with Crippen molar-refractivity contribution in [3.05, 3.63) is 80.9 Å². The van der Waals surface area contributed by atoms with Gasteiger partial charge < -0.3 is 20.0 Å². The second kappa shape index (κ2) is 9.68. The summed E-state index contributed by atoms with van der Waals surface area (Å²) < 4.78 is 6.43. The highest BCUT2D eigenvalue weighted by Crippen LogP contribution is 2.34. The van der Waals surface area contributed by atoms with E-state index in [1.165, 1.54) is 0 Å². The van der Waals surface area contributed by atoms with Gasteiger partial charge in [0.1, 0.15) is 16.5 Å². The Morgan fingerprint density at radius 2 is 1.97 bits per heavy atom. The third kappa shape index (κ3) is 4.61. The summed E-state index contributed by atoms with van der Waals surface area (Å²) in [5, 5.41) is 8.01. The molecule has 1 saturated heterocycles. The molecule has 180 valence electrons. The zero-order valence-electron chi connectivity index (χ0n) is 20.1. The summed E-state index contributed by atoms with van der Waals surface area (Å²) in [6, 6.07) is 11.3. The standard InChI is InChI=1S/C27H28ClN5O2/c1-16-13-20(18(3)31-22-6-7-23(28)32-27(22)33-11-9-29-10-12-33)26-21(14-16)24(34)17(2)25(35-26)19-5-4-8-30-15-19/h4-8,13-15,18,29,31H,9-12H2,1-3H3/t18-/m1/s1. The van der Waals surface area contributed by atoms with Gasteiger partial charge in [0.15, 0.2) is 11.2 Å². The Morgan fingerprint density at radius 1 is 1.17 bits per heavy atom. The maximum Gasteiger partial charge on any atom is 0.196 e. The molecule has 0 spiro atoms. The Bertz CT molecular complexity index is 1430. The first-order valence-corrected chi connectivity index (χ1v) is 12.2. The van der Waals surface area contributed by atoms with E-state index in [9.17, 15) is 4.79 Å². The van der Waals surface area contributed by atoms with Gasteiger partial charge in [0.25, 0.3) is 0 Å². The van der Waals surface area contributed by atoms with Crippen LogP contribution < -0.4 is 21.0 Å². The van der Waals surface area contributed by atoms with E-state index < -0.39 is 0 Å². The maximum absolute atomic E-state index is 13.4. The SMILES string of the molecule is Cc1cc([C@@H](C)Nc2ccc(Cl)nc2N2CCNCC2)c2oc(-c3cccnc3)c(C)c(=O)c2c1. The predicted molar refractivity (Wildman–Crippen MR) is 142 cm³/mol.